The summed E-state index contributed by atoms with van der Waals surface area (Å²) in [6.45, 7) is 11.4. The van der Waals surface area contributed by atoms with Crippen LogP contribution < -0.4 is 9.47 Å². The van der Waals surface area contributed by atoms with Gasteiger partial charge in [-0.3, -0.25) is 14.6 Å². The Hall–Kier alpha value is -2.09. The van der Waals surface area contributed by atoms with Crippen molar-refractivity contribution in [1.82, 2.24) is 9.80 Å². The summed E-state index contributed by atoms with van der Waals surface area (Å²) >= 11 is 0. The molecule has 5 atom stereocenters. The Kier molecular flexibility index (Phi) is 8.13. The standard InChI is InChI=1S/C30H44N2O5/c1-21-6-5-9-30(2)18-28-24(17-26(21)30)25(29(33)37-28)20-32(11-10-31-12-14-36-15-13-31)19-22-16-23(34-3)7-8-27(22)35-4/h7-8,16-17,21,24-25,28H,5-6,9-15,18-20H2,1-4H3/t21-,24+,25-,28-,30+/m1/s1. The van der Waals surface area contributed by atoms with Crippen LogP contribution in [0.25, 0.3) is 0 Å². The van der Waals surface area contributed by atoms with Crippen molar-refractivity contribution in [2.45, 2.75) is 52.2 Å². The highest BCUT2D eigenvalue weighted by atomic mass is 16.6. The molecule has 0 amide bonds. The Morgan fingerprint density at radius 2 is 2.00 bits per heavy atom. The van der Waals surface area contributed by atoms with Crippen molar-refractivity contribution in [2.75, 3.05) is 60.2 Å². The fourth-order valence-electron chi connectivity index (χ4n) is 7.13. The van der Waals surface area contributed by atoms with Crippen molar-refractivity contribution in [3.8, 4) is 11.5 Å². The molecule has 2 heterocycles. The minimum Gasteiger partial charge on any atom is -0.497 e. The molecule has 2 aliphatic carbocycles. The van der Waals surface area contributed by atoms with Gasteiger partial charge in [-0.05, 0) is 48.8 Å². The number of fused-ring (bicyclic) bond motifs is 2. The first-order chi connectivity index (χ1) is 17.9. The molecule has 7 nitrogen and oxygen atoms in total. The van der Waals surface area contributed by atoms with Crippen LogP contribution in [-0.2, 0) is 20.8 Å². The molecule has 0 bridgehead atoms. The zero-order valence-corrected chi connectivity index (χ0v) is 23.0. The van der Waals surface area contributed by atoms with Crippen LogP contribution in [0.15, 0.2) is 29.8 Å². The third-order valence-corrected chi connectivity index (χ3v) is 9.25. The summed E-state index contributed by atoms with van der Waals surface area (Å²) in [6, 6.07) is 5.94. The summed E-state index contributed by atoms with van der Waals surface area (Å²) < 4.78 is 22.8. The number of benzene rings is 1. The van der Waals surface area contributed by atoms with Gasteiger partial charge in [-0.15, -0.1) is 0 Å². The van der Waals surface area contributed by atoms with Gasteiger partial charge in [0.2, 0.25) is 0 Å². The van der Waals surface area contributed by atoms with E-state index in [1.165, 1.54) is 19.3 Å². The summed E-state index contributed by atoms with van der Waals surface area (Å²) in [5, 5.41) is 0. The average molecular weight is 513 g/mol. The van der Waals surface area contributed by atoms with Crippen molar-refractivity contribution in [3.63, 3.8) is 0 Å². The molecule has 1 aromatic rings. The second kappa shape index (κ2) is 11.3. The number of hydrogen-bond donors (Lipinski definition) is 0. The summed E-state index contributed by atoms with van der Waals surface area (Å²) in [5.74, 6) is 2.24. The maximum Gasteiger partial charge on any atom is 0.311 e. The molecule has 3 fully saturated rings. The van der Waals surface area contributed by atoms with Gasteiger partial charge in [0.1, 0.15) is 17.6 Å². The predicted octanol–water partition coefficient (Wildman–Crippen LogP) is 4.15. The van der Waals surface area contributed by atoms with Crippen molar-refractivity contribution in [3.05, 3.63) is 35.4 Å². The van der Waals surface area contributed by atoms with Crippen LogP contribution in [0.2, 0.25) is 0 Å². The number of nitrogens with zero attached hydrogens (tertiary/aromatic N) is 2. The van der Waals surface area contributed by atoms with Gasteiger partial charge in [-0.2, -0.15) is 0 Å². The molecule has 2 aliphatic heterocycles. The Bertz CT molecular complexity index is 990. The number of methoxy groups -OCH3 is 2. The maximum absolute atomic E-state index is 13.3. The van der Waals surface area contributed by atoms with Gasteiger partial charge in [0.15, 0.2) is 0 Å². The van der Waals surface area contributed by atoms with E-state index in [0.29, 0.717) is 19.0 Å². The summed E-state index contributed by atoms with van der Waals surface area (Å²) in [5.41, 5.74) is 2.82. The molecule has 7 heteroatoms. The van der Waals surface area contributed by atoms with E-state index in [4.69, 9.17) is 18.9 Å². The molecule has 5 rings (SSSR count). The molecule has 0 aromatic heterocycles. The Morgan fingerprint density at radius 1 is 1.19 bits per heavy atom. The second-order valence-electron chi connectivity index (χ2n) is 11.7. The van der Waals surface area contributed by atoms with Crippen molar-refractivity contribution in [1.29, 1.82) is 0 Å². The van der Waals surface area contributed by atoms with Gasteiger partial charge >= 0.3 is 5.97 Å². The highest BCUT2D eigenvalue weighted by Crippen LogP contribution is 2.54. The lowest BCUT2D eigenvalue weighted by Crippen LogP contribution is -2.44. The Balaban J connectivity index is 1.38. The van der Waals surface area contributed by atoms with Gasteiger partial charge < -0.3 is 18.9 Å². The van der Waals surface area contributed by atoms with Crippen molar-refractivity contribution in [2.24, 2.45) is 23.2 Å². The number of carbonyl (C=O) groups is 1. The number of rotatable bonds is 9. The van der Waals surface area contributed by atoms with E-state index in [1.807, 2.05) is 18.2 Å². The second-order valence-corrected chi connectivity index (χ2v) is 11.7. The zero-order valence-electron chi connectivity index (χ0n) is 23.0. The van der Waals surface area contributed by atoms with Crippen LogP contribution in [0.4, 0.5) is 0 Å². The quantitative estimate of drug-likeness (QED) is 0.364. The number of hydrogen-bond acceptors (Lipinski definition) is 7. The Labute approximate surface area is 222 Å². The molecule has 1 saturated carbocycles. The molecule has 4 aliphatic rings. The minimum atomic E-state index is -0.141. The van der Waals surface area contributed by atoms with Gasteiger partial charge in [-0.25, -0.2) is 0 Å². The van der Waals surface area contributed by atoms with Crippen LogP contribution in [0, 0.1) is 23.2 Å². The van der Waals surface area contributed by atoms with Crippen molar-refractivity contribution >= 4 is 5.97 Å². The van der Waals surface area contributed by atoms with Crippen LogP contribution in [-0.4, -0.2) is 82.0 Å². The largest absolute Gasteiger partial charge is 0.497 e. The van der Waals surface area contributed by atoms with E-state index in [0.717, 1.165) is 62.9 Å². The molecular weight excluding hydrogens is 468 g/mol. The van der Waals surface area contributed by atoms with E-state index < -0.39 is 0 Å². The number of carbonyl (C=O) groups excluding carboxylic acids is 1. The van der Waals surface area contributed by atoms with E-state index in [-0.39, 0.29) is 29.3 Å². The zero-order chi connectivity index (χ0) is 26.0. The van der Waals surface area contributed by atoms with Crippen LogP contribution in [0.3, 0.4) is 0 Å². The minimum absolute atomic E-state index is 0.00370. The molecule has 0 radical (unpaired) electrons. The topological polar surface area (TPSA) is 60.5 Å². The van der Waals surface area contributed by atoms with Crippen LogP contribution in [0.5, 0.6) is 11.5 Å². The van der Waals surface area contributed by atoms with Gasteiger partial charge in [0.05, 0.1) is 33.4 Å². The first kappa shape index (κ1) is 26.5. The number of ether oxygens (including phenoxy) is 4. The first-order valence-electron chi connectivity index (χ1n) is 14.1. The molecule has 204 valence electrons. The van der Waals surface area contributed by atoms with Crippen molar-refractivity contribution < 1.29 is 23.7 Å². The highest BCUT2D eigenvalue weighted by molar-refractivity contribution is 5.76. The SMILES string of the molecule is COc1ccc(OC)c(CN(CCN2CCOCC2)C[C@H]2C(=O)O[C@@H]3C[C@]4(C)CCC[C@@H](C)C4=C[C@H]32)c1. The molecule has 0 unspecified atom stereocenters. The fraction of sp³-hybridized carbons (Fsp3) is 0.700. The first-order valence-corrected chi connectivity index (χ1v) is 14.1. The van der Waals surface area contributed by atoms with E-state index in [9.17, 15) is 4.79 Å². The van der Waals surface area contributed by atoms with Gasteiger partial charge in [0, 0.05) is 50.7 Å². The fourth-order valence-corrected chi connectivity index (χ4v) is 7.13. The third kappa shape index (κ3) is 5.69. The normalized spacial score (nSPS) is 31.9. The maximum atomic E-state index is 13.3. The summed E-state index contributed by atoms with van der Waals surface area (Å²) in [6.07, 6.45) is 7.15. The molecule has 37 heavy (non-hydrogen) atoms. The lowest BCUT2D eigenvalue weighted by Gasteiger charge is -2.46. The van der Waals surface area contributed by atoms with E-state index in [2.05, 4.69) is 29.7 Å². The van der Waals surface area contributed by atoms with Gasteiger partial charge in [-0.1, -0.05) is 31.9 Å². The highest BCUT2D eigenvalue weighted by Gasteiger charge is 2.52. The molecule has 2 saturated heterocycles. The lowest BCUT2D eigenvalue weighted by atomic mass is 9.59. The summed E-state index contributed by atoms with van der Waals surface area (Å²) in [4.78, 5) is 18.2. The monoisotopic (exact) mass is 512 g/mol. The third-order valence-electron chi connectivity index (χ3n) is 9.25. The summed E-state index contributed by atoms with van der Waals surface area (Å²) in [7, 11) is 3.39. The number of esters is 1. The number of allylic oxidation sites excluding steroid dienone is 1. The predicted molar refractivity (Wildman–Crippen MR) is 143 cm³/mol. The lowest BCUT2D eigenvalue weighted by molar-refractivity contribution is -0.145. The van der Waals surface area contributed by atoms with Crippen LogP contribution >= 0.6 is 0 Å². The van der Waals surface area contributed by atoms with Gasteiger partial charge in [0.25, 0.3) is 0 Å². The molecule has 0 spiro atoms. The van der Waals surface area contributed by atoms with E-state index >= 15 is 0 Å². The molecule has 1 aromatic carbocycles. The van der Waals surface area contributed by atoms with Crippen LogP contribution in [0.1, 0.15) is 45.1 Å². The average Bonchev–Trinajstić information content (AvgIpc) is 3.19. The molecule has 0 N–H and O–H groups in total. The molecular formula is C30H44N2O5. The van der Waals surface area contributed by atoms with E-state index in [1.54, 1.807) is 19.8 Å². The Morgan fingerprint density at radius 3 is 2.76 bits per heavy atom. The smallest absolute Gasteiger partial charge is 0.311 e. The number of morpholine rings is 1.